The number of benzene rings is 1. The summed E-state index contributed by atoms with van der Waals surface area (Å²) in [6, 6.07) is 7.38. The first-order valence-electron chi connectivity index (χ1n) is 7.12. The van der Waals surface area contributed by atoms with Gasteiger partial charge in [-0.1, -0.05) is 0 Å². The van der Waals surface area contributed by atoms with Crippen LogP contribution >= 0.6 is 0 Å². The molecular formula is C16H21N3O2. The van der Waals surface area contributed by atoms with Crippen LogP contribution in [0.5, 0.6) is 0 Å². The SMILES string of the molecule is CC(C)(O)CN1CCN(c2ccc(C=O)cc2C#N)CC1. The van der Waals surface area contributed by atoms with E-state index >= 15 is 0 Å². The predicted octanol–water partition coefficient (Wildman–Crippen LogP) is 1.26. The average Bonchev–Trinajstić information content (AvgIpc) is 2.46. The Kier molecular flexibility index (Phi) is 4.61. The molecule has 0 amide bonds. The van der Waals surface area contributed by atoms with E-state index in [4.69, 9.17) is 0 Å². The highest BCUT2D eigenvalue weighted by molar-refractivity contribution is 5.78. The fourth-order valence-electron chi connectivity index (χ4n) is 2.69. The molecule has 1 aliphatic heterocycles. The number of hydrogen-bond donors (Lipinski definition) is 1. The summed E-state index contributed by atoms with van der Waals surface area (Å²) < 4.78 is 0. The summed E-state index contributed by atoms with van der Waals surface area (Å²) in [6.45, 7) is 7.59. The summed E-state index contributed by atoms with van der Waals surface area (Å²) in [6.07, 6.45) is 0.756. The van der Waals surface area contributed by atoms with Crippen LogP contribution in [0.2, 0.25) is 0 Å². The second-order valence-corrected chi connectivity index (χ2v) is 6.08. The third-order valence-electron chi connectivity index (χ3n) is 3.60. The van der Waals surface area contributed by atoms with E-state index in [1.807, 2.05) is 19.9 Å². The standard InChI is InChI=1S/C16H21N3O2/c1-16(2,21)12-18-5-7-19(8-6-18)15-4-3-13(11-20)9-14(15)10-17/h3-4,9,11,21H,5-8,12H2,1-2H3. The zero-order valence-electron chi connectivity index (χ0n) is 12.5. The molecule has 1 heterocycles. The zero-order chi connectivity index (χ0) is 15.5. The molecule has 0 spiro atoms. The van der Waals surface area contributed by atoms with E-state index < -0.39 is 5.60 Å². The van der Waals surface area contributed by atoms with Gasteiger partial charge >= 0.3 is 0 Å². The molecule has 0 unspecified atom stereocenters. The van der Waals surface area contributed by atoms with E-state index in [1.165, 1.54) is 0 Å². The van der Waals surface area contributed by atoms with Crippen LogP contribution in [0.25, 0.3) is 0 Å². The minimum atomic E-state index is -0.689. The van der Waals surface area contributed by atoms with Crippen LogP contribution in [0.3, 0.4) is 0 Å². The normalized spacial score (nSPS) is 16.6. The highest BCUT2D eigenvalue weighted by Gasteiger charge is 2.23. The Bertz CT molecular complexity index is 550. The molecule has 112 valence electrons. The van der Waals surface area contributed by atoms with Crippen molar-refractivity contribution in [1.29, 1.82) is 5.26 Å². The smallest absolute Gasteiger partial charge is 0.150 e. The van der Waals surface area contributed by atoms with Gasteiger partial charge in [-0.15, -0.1) is 0 Å². The molecule has 1 fully saturated rings. The van der Waals surface area contributed by atoms with Gasteiger partial charge in [-0.3, -0.25) is 9.69 Å². The van der Waals surface area contributed by atoms with E-state index in [0.717, 1.165) is 38.2 Å². The Labute approximate surface area is 125 Å². The summed E-state index contributed by atoms with van der Waals surface area (Å²) >= 11 is 0. The number of aliphatic hydroxyl groups is 1. The van der Waals surface area contributed by atoms with Crippen molar-refractivity contribution < 1.29 is 9.90 Å². The van der Waals surface area contributed by atoms with Crippen LogP contribution in [0.4, 0.5) is 5.69 Å². The van der Waals surface area contributed by atoms with Gasteiger partial charge in [0.25, 0.3) is 0 Å². The van der Waals surface area contributed by atoms with Crippen LogP contribution in [0, 0.1) is 11.3 Å². The maximum Gasteiger partial charge on any atom is 0.150 e. The van der Waals surface area contributed by atoms with Crippen molar-refractivity contribution >= 4 is 12.0 Å². The van der Waals surface area contributed by atoms with Crippen LogP contribution in [-0.4, -0.2) is 54.6 Å². The monoisotopic (exact) mass is 287 g/mol. The summed E-state index contributed by atoms with van der Waals surface area (Å²) in [5.74, 6) is 0. The van der Waals surface area contributed by atoms with E-state index in [1.54, 1.807) is 12.1 Å². The largest absolute Gasteiger partial charge is 0.389 e. The maximum atomic E-state index is 10.8. The van der Waals surface area contributed by atoms with Crippen LogP contribution < -0.4 is 4.90 Å². The number of β-amino-alcohol motifs (C(OH)–C–C–N with tert-alkyl or cyclic N) is 1. The fraction of sp³-hybridized carbons (Fsp3) is 0.500. The molecule has 1 N–H and O–H groups in total. The van der Waals surface area contributed by atoms with Crippen molar-refractivity contribution in [1.82, 2.24) is 4.90 Å². The first-order chi connectivity index (χ1) is 9.93. The lowest BCUT2D eigenvalue weighted by atomic mass is 10.1. The molecule has 1 aromatic rings. The number of nitrogens with zero attached hydrogens (tertiary/aromatic N) is 3. The second-order valence-electron chi connectivity index (χ2n) is 6.08. The molecule has 1 aromatic carbocycles. The van der Waals surface area contributed by atoms with Crippen molar-refractivity contribution in [3.63, 3.8) is 0 Å². The fourth-order valence-corrected chi connectivity index (χ4v) is 2.69. The van der Waals surface area contributed by atoms with E-state index in [2.05, 4.69) is 15.9 Å². The number of hydrogen-bond acceptors (Lipinski definition) is 5. The van der Waals surface area contributed by atoms with Gasteiger partial charge in [-0.25, -0.2) is 0 Å². The summed E-state index contributed by atoms with van der Waals surface area (Å²) in [5, 5.41) is 19.1. The lowest BCUT2D eigenvalue weighted by Crippen LogP contribution is -2.50. The summed E-state index contributed by atoms with van der Waals surface area (Å²) in [7, 11) is 0. The first kappa shape index (κ1) is 15.5. The number of piperazine rings is 1. The zero-order valence-corrected chi connectivity index (χ0v) is 12.5. The lowest BCUT2D eigenvalue weighted by Gasteiger charge is -2.38. The highest BCUT2D eigenvalue weighted by atomic mass is 16.3. The van der Waals surface area contributed by atoms with Crippen molar-refractivity contribution in [3.8, 4) is 6.07 Å². The average molecular weight is 287 g/mol. The Hall–Kier alpha value is -1.90. The molecule has 2 rings (SSSR count). The van der Waals surface area contributed by atoms with E-state index in [9.17, 15) is 15.2 Å². The molecule has 0 bridgehead atoms. The van der Waals surface area contributed by atoms with Crippen molar-refractivity contribution in [3.05, 3.63) is 29.3 Å². The minimum Gasteiger partial charge on any atom is -0.389 e. The van der Waals surface area contributed by atoms with E-state index in [0.29, 0.717) is 17.7 Å². The molecule has 1 aliphatic rings. The molecule has 0 aromatic heterocycles. The number of aldehydes is 1. The topological polar surface area (TPSA) is 67.6 Å². The minimum absolute atomic E-state index is 0.524. The molecule has 0 radical (unpaired) electrons. The van der Waals surface area contributed by atoms with Crippen LogP contribution in [0.15, 0.2) is 18.2 Å². The lowest BCUT2D eigenvalue weighted by molar-refractivity contribution is 0.0345. The molecule has 0 aliphatic carbocycles. The Morgan fingerprint density at radius 1 is 1.33 bits per heavy atom. The number of nitriles is 1. The number of rotatable bonds is 4. The van der Waals surface area contributed by atoms with Gasteiger partial charge < -0.3 is 10.0 Å². The van der Waals surface area contributed by atoms with Gasteiger partial charge in [-0.2, -0.15) is 5.26 Å². The van der Waals surface area contributed by atoms with Gasteiger partial charge in [0.05, 0.1) is 16.9 Å². The number of carbonyl (C=O) groups is 1. The Morgan fingerprint density at radius 3 is 2.52 bits per heavy atom. The van der Waals surface area contributed by atoms with E-state index in [-0.39, 0.29) is 0 Å². The molecule has 0 saturated carbocycles. The third kappa shape index (κ3) is 4.03. The summed E-state index contributed by atoms with van der Waals surface area (Å²) in [4.78, 5) is 15.2. The molecule has 1 saturated heterocycles. The molecule has 5 heteroatoms. The Morgan fingerprint density at radius 2 is 2.00 bits per heavy atom. The third-order valence-corrected chi connectivity index (χ3v) is 3.60. The summed E-state index contributed by atoms with van der Waals surface area (Å²) in [5.41, 5.74) is 1.25. The number of anilines is 1. The predicted molar refractivity (Wildman–Crippen MR) is 81.5 cm³/mol. The quantitative estimate of drug-likeness (QED) is 0.845. The molecule has 0 atom stereocenters. The van der Waals surface area contributed by atoms with Gasteiger partial charge in [0.2, 0.25) is 0 Å². The maximum absolute atomic E-state index is 10.8. The van der Waals surface area contributed by atoms with Gasteiger partial charge in [0.1, 0.15) is 12.4 Å². The van der Waals surface area contributed by atoms with Crippen molar-refractivity contribution in [2.75, 3.05) is 37.6 Å². The molecule has 5 nitrogen and oxygen atoms in total. The Balaban J connectivity index is 2.06. The van der Waals surface area contributed by atoms with Crippen LogP contribution in [0.1, 0.15) is 29.8 Å². The van der Waals surface area contributed by atoms with Gasteiger partial charge in [0, 0.05) is 38.3 Å². The first-order valence-corrected chi connectivity index (χ1v) is 7.12. The number of carbonyl (C=O) groups excluding carboxylic acids is 1. The highest BCUT2D eigenvalue weighted by Crippen LogP contribution is 2.22. The van der Waals surface area contributed by atoms with Crippen molar-refractivity contribution in [2.24, 2.45) is 0 Å². The van der Waals surface area contributed by atoms with Gasteiger partial charge in [-0.05, 0) is 32.0 Å². The van der Waals surface area contributed by atoms with Crippen molar-refractivity contribution in [2.45, 2.75) is 19.4 Å². The van der Waals surface area contributed by atoms with Gasteiger partial charge in [0.15, 0.2) is 0 Å². The second kappa shape index (κ2) is 6.25. The van der Waals surface area contributed by atoms with Crippen LogP contribution in [-0.2, 0) is 0 Å². The molecular weight excluding hydrogens is 266 g/mol. The molecule has 21 heavy (non-hydrogen) atoms.